The number of nitrogens with one attached hydrogen (secondary N) is 1. The Hall–Kier alpha value is -2.51. The van der Waals surface area contributed by atoms with Crippen molar-refractivity contribution in [2.75, 3.05) is 19.6 Å². The summed E-state index contributed by atoms with van der Waals surface area (Å²) in [7, 11) is 1.96. The van der Waals surface area contributed by atoms with Gasteiger partial charge in [0.1, 0.15) is 16.9 Å². The smallest absolute Gasteiger partial charge is 0.254 e. The number of nitrogens with zero attached hydrogens (tertiary/aromatic N) is 4. The van der Waals surface area contributed by atoms with Crippen molar-refractivity contribution in [3.05, 3.63) is 59.1 Å². The lowest BCUT2D eigenvalue weighted by molar-refractivity contribution is 0.0621. The van der Waals surface area contributed by atoms with Crippen LogP contribution in [0, 0.1) is 6.92 Å². The third-order valence-electron chi connectivity index (χ3n) is 4.64. The first-order chi connectivity index (χ1) is 12.6. The molecule has 1 aliphatic rings. The third-order valence-corrected chi connectivity index (χ3v) is 5.65. The molecular formula is C19H21N5OS. The molecule has 2 aromatic heterocycles. The van der Waals surface area contributed by atoms with Gasteiger partial charge < -0.3 is 14.8 Å². The number of hydrogen-bond acceptors (Lipinski definition) is 5. The lowest BCUT2D eigenvalue weighted by atomic mass is 10.1. The van der Waals surface area contributed by atoms with Crippen LogP contribution >= 0.6 is 11.3 Å². The first-order valence-corrected chi connectivity index (χ1v) is 9.53. The molecule has 0 aliphatic carbocycles. The Morgan fingerprint density at radius 2 is 2.27 bits per heavy atom. The third kappa shape index (κ3) is 3.15. The first-order valence-electron chi connectivity index (χ1n) is 8.65. The van der Waals surface area contributed by atoms with Gasteiger partial charge in [0.2, 0.25) is 0 Å². The van der Waals surface area contributed by atoms with E-state index in [9.17, 15) is 4.79 Å². The zero-order valence-corrected chi connectivity index (χ0v) is 15.7. The lowest BCUT2D eigenvalue weighted by Gasteiger charge is -2.35. The monoisotopic (exact) mass is 367 g/mol. The van der Waals surface area contributed by atoms with Crippen LogP contribution in [0.25, 0.3) is 10.6 Å². The molecule has 1 atom stereocenters. The molecule has 6 nitrogen and oxygen atoms in total. The number of aryl methyl sites for hydroxylation is 2. The number of aromatic nitrogens is 3. The van der Waals surface area contributed by atoms with Crippen LogP contribution in [0.3, 0.4) is 0 Å². The zero-order chi connectivity index (χ0) is 18.1. The molecule has 1 saturated heterocycles. The van der Waals surface area contributed by atoms with Gasteiger partial charge in [0.25, 0.3) is 5.91 Å². The molecule has 1 aromatic carbocycles. The molecule has 4 rings (SSSR count). The fourth-order valence-corrected chi connectivity index (χ4v) is 4.11. The summed E-state index contributed by atoms with van der Waals surface area (Å²) in [6.07, 6.45) is 3.69. The van der Waals surface area contributed by atoms with Crippen LogP contribution in [-0.2, 0) is 7.05 Å². The second-order valence-corrected chi connectivity index (χ2v) is 7.35. The number of piperazine rings is 1. The maximum absolute atomic E-state index is 13.2. The molecule has 26 heavy (non-hydrogen) atoms. The van der Waals surface area contributed by atoms with Crippen molar-refractivity contribution in [1.29, 1.82) is 0 Å². The molecule has 134 valence electrons. The molecular weight excluding hydrogens is 346 g/mol. The van der Waals surface area contributed by atoms with E-state index in [1.54, 1.807) is 17.5 Å². The molecule has 1 fully saturated rings. The molecule has 0 spiro atoms. The molecule has 0 bridgehead atoms. The summed E-state index contributed by atoms with van der Waals surface area (Å²) in [6.45, 7) is 4.14. The molecule has 1 amide bonds. The van der Waals surface area contributed by atoms with E-state index in [0.717, 1.165) is 28.6 Å². The molecule has 3 heterocycles. The minimum atomic E-state index is -0.0676. The summed E-state index contributed by atoms with van der Waals surface area (Å²) >= 11 is 1.60. The number of hydrogen-bond donors (Lipinski definition) is 1. The van der Waals surface area contributed by atoms with Gasteiger partial charge in [-0.25, -0.2) is 9.97 Å². The van der Waals surface area contributed by atoms with Gasteiger partial charge in [-0.2, -0.15) is 0 Å². The van der Waals surface area contributed by atoms with Crippen molar-refractivity contribution >= 4 is 17.2 Å². The molecule has 1 unspecified atom stereocenters. The number of thiazole rings is 1. The van der Waals surface area contributed by atoms with E-state index in [4.69, 9.17) is 0 Å². The number of carbonyl (C=O) groups excluding carboxylic acids is 1. The summed E-state index contributed by atoms with van der Waals surface area (Å²) < 4.78 is 1.98. The van der Waals surface area contributed by atoms with Crippen molar-refractivity contribution < 1.29 is 4.79 Å². The van der Waals surface area contributed by atoms with E-state index >= 15 is 0 Å². The second kappa shape index (κ2) is 7.01. The molecule has 0 saturated carbocycles. The summed E-state index contributed by atoms with van der Waals surface area (Å²) in [5.41, 5.74) is 2.67. The largest absolute Gasteiger partial charge is 0.336 e. The predicted octanol–water partition coefficient (Wildman–Crippen LogP) is 2.64. The minimum Gasteiger partial charge on any atom is -0.336 e. The van der Waals surface area contributed by atoms with Crippen LogP contribution in [0.5, 0.6) is 0 Å². The van der Waals surface area contributed by atoms with Gasteiger partial charge in [-0.15, -0.1) is 11.3 Å². The normalized spacial score (nSPS) is 17.5. The highest BCUT2D eigenvalue weighted by atomic mass is 32.1. The van der Waals surface area contributed by atoms with Crippen LogP contribution in [0.1, 0.15) is 27.9 Å². The van der Waals surface area contributed by atoms with Crippen molar-refractivity contribution in [2.24, 2.45) is 7.05 Å². The van der Waals surface area contributed by atoms with Gasteiger partial charge in [0, 0.05) is 61.3 Å². The molecule has 3 aromatic rings. The van der Waals surface area contributed by atoms with Gasteiger partial charge >= 0.3 is 0 Å². The van der Waals surface area contributed by atoms with Crippen LogP contribution < -0.4 is 5.32 Å². The topological polar surface area (TPSA) is 63.1 Å². The highest BCUT2D eigenvalue weighted by Crippen LogP contribution is 2.27. The van der Waals surface area contributed by atoms with Crippen molar-refractivity contribution in [3.8, 4) is 10.6 Å². The number of amides is 1. The Labute approximate surface area is 156 Å². The van der Waals surface area contributed by atoms with Gasteiger partial charge in [-0.1, -0.05) is 12.1 Å². The maximum Gasteiger partial charge on any atom is 0.254 e. The average Bonchev–Trinajstić information content (AvgIpc) is 3.29. The highest BCUT2D eigenvalue weighted by molar-refractivity contribution is 7.13. The average molecular weight is 367 g/mol. The highest BCUT2D eigenvalue weighted by Gasteiger charge is 2.31. The maximum atomic E-state index is 13.2. The molecule has 1 aliphatic heterocycles. The zero-order valence-electron chi connectivity index (χ0n) is 14.8. The summed E-state index contributed by atoms with van der Waals surface area (Å²) in [6, 6.07) is 7.68. The van der Waals surface area contributed by atoms with E-state index in [-0.39, 0.29) is 11.9 Å². The number of rotatable bonds is 3. The van der Waals surface area contributed by atoms with Crippen LogP contribution in [0.4, 0.5) is 0 Å². The molecule has 0 radical (unpaired) electrons. The Morgan fingerprint density at radius 1 is 1.38 bits per heavy atom. The van der Waals surface area contributed by atoms with E-state index in [1.807, 2.05) is 59.3 Å². The molecule has 1 N–H and O–H groups in total. The second-order valence-electron chi connectivity index (χ2n) is 6.49. The van der Waals surface area contributed by atoms with Gasteiger partial charge in [-0.05, 0) is 19.1 Å². The molecule has 7 heteroatoms. The SMILES string of the molecule is Cc1csc(-c2cccc(C(=O)N3CCNCC3c3nccn3C)c2)n1. The predicted molar refractivity (Wildman–Crippen MR) is 102 cm³/mol. The standard InChI is InChI=1S/C19H21N5OS/c1-13-12-26-18(22-13)14-4-3-5-15(10-14)19(25)24-9-6-20-11-16(24)17-21-7-8-23(17)2/h3-5,7-8,10,12,16,20H,6,9,11H2,1-2H3. The minimum absolute atomic E-state index is 0.0367. The van der Waals surface area contributed by atoms with Crippen molar-refractivity contribution in [1.82, 2.24) is 24.8 Å². The van der Waals surface area contributed by atoms with E-state index in [1.165, 1.54) is 0 Å². The fourth-order valence-electron chi connectivity index (χ4n) is 3.31. The van der Waals surface area contributed by atoms with Crippen molar-refractivity contribution in [2.45, 2.75) is 13.0 Å². The summed E-state index contributed by atoms with van der Waals surface area (Å²) in [5, 5.41) is 6.34. The quantitative estimate of drug-likeness (QED) is 0.773. The number of benzene rings is 1. The summed E-state index contributed by atoms with van der Waals surface area (Å²) in [4.78, 5) is 24.2. The Balaban J connectivity index is 1.65. The number of carbonyl (C=O) groups is 1. The lowest BCUT2D eigenvalue weighted by Crippen LogP contribution is -2.49. The first kappa shape index (κ1) is 16.9. The fraction of sp³-hybridized carbons (Fsp3) is 0.316. The van der Waals surface area contributed by atoms with E-state index in [2.05, 4.69) is 15.3 Å². The van der Waals surface area contributed by atoms with Gasteiger partial charge in [-0.3, -0.25) is 4.79 Å². The number of imidazole rings is 1. The van der Waals surface area contributed by atoms with E-state index < -0.39 is 0 Å². The Kier molecular flexibility index (Phi) is 4.57. The van der Waals surface area contributed by atoms with Gasteiger partial charge in [0.05, 0.1) is 0 Å². The van der Waals surface area contributed by atoms with E-state index in [0.29, 0.717) is 18.7 Å². The Bertz CT molecular complexity index is 931. The van der Waals surface area contributed by atoms with Crippen molar-refractivity contribution in [3.63, 3.8) is 0 Å². The van der Waals surface area contributed by atoms with Crippen LogP contribution in [0.15, 0.2) is 42.0 Å². The van der Waals surface area contributed by atoms with Gasteiger partial charge in [0.15, 0.2) is 0 Å². The van der Waals surface area contributed by atoms with Crippen LogP contribution in [-0.4, -0.2) is 45.0 Å². The summed E-state index contributed by atoms with van der Waals surface area (Å²) in [5.74, 6) is 0.937. The van der Waals surface area contributed by atoms with Crippen LogP contribution in [0.2, 0.25) is 0 Å². The Morgan fingerprint density at radius 3 is 3.00 bits per heavy atom.